The van der Waals surface area contributed by atoms with Crippen molar-refractivity contribution in [3.63, 3.8) is 0 Å². The molecule has 0 aliphatic heterocycles. The number of oxime groups is 1. The molecule has 0 bridgehead atoms. The van der Waals surface area contributed by atoms with E-state index in [0.717, 1.165) is 0 Å². The summed E-state index contributed by atoms with van der Waals surface area (Å²) >= 11 is 0. The molecule has 0 aromatic heterocycles. The van der Waals surface area contributed by atoms with Crippen LogP contribution in [0.1, 0.15) is 23.6 Å². The summed E-state index contributed by atoms with van der Waals surface area (Å²) in [4.78, 5) is 7.40. The van der Waals surface area contributed by atoms with Crippen molar-refractivity contribution in [3.05, 3.63) is 47.3 Å². The van der Waals surface area contributed by atoms with E-state index in [1.165, 1.54) is 0 Å². The van der Waals surface area contributed by atoms with Crippen LogP contribution in [0.25, 0.3) is 0 Å². The van der Waals surface area contributed by atoms with Gasteiger partial charge >= 0.3 is 18.5 Å². The number of nitrogens with zero attached hydrogens (tertiary/aromatic N) is 2. The highest BCUT2D eigenvalue weighted by atomic mass is 19.4. The monoisotopic (exact) mass is 421 g/mol. The third kappa shape index (κ3) is 4.57. The van der Waals surface area contributed by atoms with Gasteiger partial charge in [0, 0.05) is 12.3 Å². The van der Waals surface area contributed by atoms with Crippen LogP contribution < -0.4 is 5.73 Å². The number of nitrogens with two attached hydrogens (primary N) is 1. The van der Waals surface area contributed by atoms with Gasteiger partial charge in [0.1, 0.15) is 5.82 Å². The first-order chi connectivity index (χ1) is 12.5. The summed E-state index contributed by atoms with van der Waals surface area (Å²) in [5.41, 5.74) is -5.55. The zero-order valence-electron chi connectivity index (χ0n) is 13.9. The number of rotatable bonds is 5. The smallest absolute Gasteiger partial charge is 0.384 e. The average molecular weight is 421 g/mol. The van der Waals surface area contributed by atoms with Crippen molar-refractivity contribution >= 4 is 12.4 Å². The fourth-order valence-electron chi connectivity index (χ4n) is 2.30. The van der Waals surface area contributed by atoms with Crippen LogP contribution in [0.5, 0.6) is 0 Å². The lowest BCUT2D eigenvalue weighted by molar-refractivity contribution is -0.254. The van der Waals surface area contributed by atoms with Gasteiger partial charge < -0.3 is 10.6 Å². The molecule has 0 heterocycles. The molecule has 0 amide bonds. The van der Waals surface area contributed by atoms with Gasteiger partial charge in [0.15, 0.2) is 0 Å². The molecular weight excluding hydrogens is 409 g/mol. The van der Waals surface area contributed by atoms with Crippen molar-refractivity contribution in [2.75, 3.05) is 0 Å². The second-order valence-corrected chi connectivity index (χ2v) is 5.38. The predicted octanol–water partition coefficient (Wildman–Crippen LogP) is 5.00. The van der Waals surface area contributed by atoms with E-state index in [-0.39, 0.29) is 18.2 Å². The molecule has 1 rings (SSSR count). The largest absolute Gasteiger partial charge is 0.441 e. The van der Waals surface area contributed by atoms with Gasteiger partial charge in [0.25, 0.3) is 5.60 Å². The Balaban J connectivity index is 4.08. The Labute approximate surface area is 152 Å². The zero-order valence-corrected chi connectivity index (χ0v) is 13.9. The number of aliphatic imine (C=N–C) groups is 1. The minimum atomic E-state index is -5.61. The molecule has 13 heteroatoms. The molecule has 0 saturated carbocycles. The Kier molecular flexibility index (Phi) is 6.12. The summed E-state index contributed by atoms with van der Waals surface area (Å²) in [5.74, 6) is -0.707. The van der Waals surface area contributed by atoms with Crippen LogP contribution in [0, 0.1) is 0 Å². The van der Waals surface area contributed by atoms with Gasteiger partial charge in [-0.2, -0.15) is 39.5 Å². The lowest BCUT2D eigenvalue weighted by Crippen LogP contribution is -2.50. The van der Waals surface area contributed by atoms with Crippen molar-refractivity contribution in [2.45, 2.75) is 31.1 Å². The molecule has 1 aromatic rings. The van der Waals surface area contributed by atoms with Crippen LogP contribution in [-0.2, 0) is 22.8 Å². The Hall–Kier alpha value is -2.73. The molecule has 0 saturated heterocycles. The quantitative estimate of drug-likeness (QED) is 0.413. The number of hydrogen-bond acceptors (Lipinski definition) is 4. The molecular formula is C15H12F9N3O. The van der Waals surface area contributed by atoms with E-state index < -0.39 is 52.4 Å². The maximum atomic E-state index is 13.9. The lowest BCUT2D eigenvalue weighted by Gasteiger charge is -2.34. The molecule has 1 atom stereocenters. The van der Waals surface area contributed by atoms with Crippen LogP contribution in [0.2, 0.25) is 0 Å². The van der Waals surface area contributed by atoms with E-state index in [9.17, 15) is 39.5 Å². The molecule has 2 N–H and O–H groups in total. The first kappa shape index (κ1) is 23.3. The Morgan fingerprint density at radius 3 is 1.57 bits per heavy atom. The number of alkyl halides is 9. The van der Waals surface area contributed by atoms with E-state index in [4.69, 9.17) is 5.73 Å². The summed E-state index contributed by atoms with van der Waals surface area (Å²) in [5, 5.41) is 2.58. The topological polar surface area (TPSA) is 60.0 Å². The summed E-state index contributed by atoms with van der Waals surface area (Å²) in [7, 11) is 0. The SMILES string of the molecule is C=NOC(C(C)=NC(=C)N)(c1cc(C(F)(F)F)cc(C(F)(F)F)c1)C(F)(F)F. The normalized spacial score (nSPS) is 15.7. The average Bonchev–Trinajstić information content (AvgIpc) is 2.48. The molecule has 0 aliphatic rings. The second kappa shape index (κ2) is 7.36. The lowest BCUT2D eigenvalue weighted by atomic mass is 9.86. The third-order valence-electron chi connectivity index (χ3n) is 3.42. The maximum absolute atomic E-state index is 13.9. The molecule has 0 radical (unpaired) electrons. The number of hydrogen-bond donors (Lipinski definition) is 1. The standard InChI is InChI=1S/C15H12F9N3O/c1-7(27-8(2)25)12(28-26-3,15(22,23)24)9-4-10(13(16,17)18)6-11(5-9)14(19,20)21/h4-6H,2-3,25H2,1H3. The molecule has 156 valence electrons. The highest BCUT2D eigenvalue weighted by Crippen LogP contribution is 2.47. The van der Waals surface area contributed by atoms with Gasteiger partial charge in [0.2, 0.25) is 0 Å². The summed E-state index contributed by atoms with van der Waals surface area (Å²) in [6.07, 6.45) is -16.4. The van der Waals surface area contributed by atoms with Crippen molar-refractivity contribution in [1.82, 2.24) is 0 Å². The third-order valence-corrected chi connectivity index (χ3v) is 3.42. The van der Waals surface area contributed by atoms with Gasteiger partial charge in [-0.1, -0.05) is 6.58 Å². The van der Waals surface area contributed by atoms with Crippen LogP contribution in [0.15, 0.2) is 40.7 Å². The van der Waals surface area contributed by atoms with Gasteiger partial charge in [-0.25, -0.2) is 4.99 Å². The Morgan fingerprint density at radius 2 is 1.29 bits per heavy atom. The molecule has 1 unspecified atom stereocenters. The van der Waals surface area contributed by atoms with E-state index in [1.54, 1.807) is 0 Å². The second-order valence-electron chi connectivity index (χ2n) is 5.38. The summed E-state index contributed by atoms with van der Waals surface area (Å²) in [6.45, 7) is 6.31. The zero-order chi connectivity index (χ0) is 22.1. The van der Waals surface area contributed by atoms with E-state index in [0.29, 0.717) is 6.92 Å². The van der Waals surface area contributed by atoms with Crippen molar-refractivity contribution in [2.24, 2.45) is 15.9 Å². The molecule has 28 heavy (non-hydrogen) atoms. The van der Waals surface area contributed by atoms with Crippen molar-refractivity contribution in [3.8, 4) is 0 Å². The fraction of sp³-hybridized carbons (Fsp3) is 0.333. The minimum absolute atomic E-state index is 0.147. The number of halogens is 9. The van der Waals surface area contributed by atoms with Gasteiger partial charge in [-0.3, -0.25) is 0 Å². The Bertz CT molecular complexity index is 761. The number of benzene rings is 1. The summed E-state index contributed by atoms with van der Waals surface area (Å²) < 4.78 is 120. The van der Waals surface area contributed by atoms with Gasteiger partial charge in [-0.15, -0.1) is 5.16 Å². The molecule has 4 nitrogen and oxygen atoms in total. The molecule has 0 spiro atoms. The van der Waals surface area contributed by atoms with Gasteiger partial charge in [0.05, 0.1) is 16.8 Å². The predicted molar refractivity (Wildman–Crippen MR) is 81.2 cm³/mol. The van der Waals surface area contributed by atoms with Crippen LogP contribution >= 0.6 is 0 Å². The first-order valence-corrected chi connectivity index (χ1v) is 6.98. The van der Waals surface area contributed by atoms with E-state index >= 15 is 0 Å². The highest BCUT2D eigenvalue weighted by Gasteiger charge is 2.63. The van der Waals surface area contributed by atoms with E-state index in [2.05, 4.69) is 28.3 Å². The first-order valence-electron chi connectivity index (χ1n) is 6.98. The Morgan fingerprint density at radius 1 is 0.893 bits per heavy atom. The molecule has 0 aliphatic carbocycles. The summed E-state index contributed by atoms with van der Waals surface area (Å²) in [6, 6.07) is -0.626. The van der Waals surface area contributed by atoms with Crippen molar-refractivity contribution < 1.29 is 44.4 Å². The van der Waals surface area contributed by atoms with Crippen molar-refractivity contribution in [1.29, 1.82) is 0 Å². The minimum Gasteiger partial charge on any atom is -0.384 e. The van der Waals surface area contributed by atoms with Gasteiger partial charge in [-0.05, 0) is 25.1 Å². The van der Waals surface area contributed by atoms with E-state index in [1.807, 2.05) is 0 Å². The van der Waals surface area contributed by atoms with Crippen LogP contribution in [-0.4, -0.2) is 18.6 Å². The maximum Gasteiger partial charge on any atom is 0.441 e. The van der Waals surface area contributed by atoms with Crippen LogP contribution in [0.3, 0.4) is 0 Å². The molecule has 1 aromatic carbocycles. The van der Waals surface area contributed by atoms with Crippen LogP contribution in [0.4, 0.5) is 39.5 Å². The highest BCUT2D eigenvalue weighted by molar-refractivity contribution is 5.93. The fourth-order valence-corrected chi connectivity index (χ4v) is 2.30. The molecule has 0 fully saturated rings.